The van der Waals surface area contributed by atoms with Crippen molar-refractivity contribution in [2.45, 2.75) is 26.0 Å². The molecular weight excluding hydrogens is 228 g/mol. The minimum absolute atomic E-state index is 0.0282. The van der Waals surface area contributed by atoms with E-state index in [2.05, 4.69) is 6.92 Å². The molecule has 4 heteroatoms. The fraction of sp³-hybridized carbons (Fsp3) is 0.500. The van der Waals surface area contributed by atoms with Crippen LogP contribution in [0.4, 0.5) is 5.69 Å². The minimum atomic E-state index is -0.302. The Balaban J connectivity index is 2.09. The molecule has 0 radical (unpaired) electrons. The smallest absolute Gasteiger partial charge is 0.256 e. The minimum Gasteiger partial charge on any atom is -0.368 e. The summed E-state index contributed by atoms with van der Waals surface area (Å²) in [5, 5.41) is 0. The van der Waals surface area contributed by atoms with Gasteiger partial charge in [0.2, 0.25) is 0 Å². The molecule has 2 atom stereocenters. The average Bonchev–Trinajstić information content (AvgIpc) is 2.83. The zero-order valence-electron chi connectivity index (χ0n) is 10.9. The van der Waals surface area contributed by atoms with E-state index in [0.29, 0.717) is 19.1 Å². The Kier molecular flexibility index (Phi) is 3.99. The van der Waals surface area contributed by atoms with Gasteiger partial charge in [-0.25, -0.2) is 0 Å². The van der Waals surface area contributed by atoms with Crippen LogP contribution in [0.3, 0.4) is 0 Å². The van der Waals surface area contributed by atoms with Crippen molar-refractivity contribution < 1.29 is 9.53 Å². The lowest BCUT2D eigenvalue weighted by atomic mass is 10.0. The van der Waals surface area contributed by atoms with E-state index in [1.165, 1.54) is 0 Å². The first kappa shape index (κ1) is 13.1. The molecule has 1 aliphatic heterocycles. The first-order valence-corrected chi connectivity index (χ1v) is 6.31. The van der Waals surface area contributed by atoms with Gasteiger partial charge in [-0.1, -0.05) is 19.1 Å². The molecular formula is C14H20N2O2. The summed E-state index contributed by atoms with van der Waals surface area (Å²) in [6.45, 7) is 3.25. The van der Waals surface area contributed by atoms with Crippen molar-refractivity contribution in [2.24, 2.45) is 11.7 Å². The number of rotatable bonds is 3. The summed E-state index contributed by atoms with van der Waals surface area (Å²) in [5.41, 5.74) is 7.49. The molecule has 1 heterocycles. The molecule has 0 bridgehead atoms. The molecule has 2 unspecified atom stereocenters. The molecule has 1 amide bonds. The predicted octanol–water partition coefficient (Wildman–Crippen LogP) is 1.53. The SMILES string of the molecule is CC1CCOC1C(=O)N(C)c1ccc(CN)cc1. The maximum absolute atomic E-state index is 12.3. The predicted molar refractivity (Wildman–Crippen MR) is 71.3 cm³/mol. The second-order valence-electron chi connectivity index (χ2n) is 4.83. The lowest BCUT2D eigenvalue weighted by molar-refractivity contribution is -0.128. The molecule has 1 fully saturated rings. The fourth-order valence-corrected chi connectivity index (χ4v) is 2.18. The van der Waals surface area contributed by atoms with Gasteiger partial charge in [0, 0.05) is 25.9 Å². The van der Waals surface area contributed by atoms with E-state index in [1.54, 1.807) is 11.9 Å². The van der Waals surface area contributed by atoms with E-state index in [-0.39, 0.29) is 12.0 Å². The Morgan fingerprint density at radius 2 is 2.11 bits per heavy atom. The second-order valence-corrected chi connectivity index (χ2v) is 4.83. The number of benzene rings is 1. The van der Waals surface area contributed by atoms with Crippen LogP contribution >= 0.6 is 0 Å². The van der Waals surface area contributed by atoms with Gasteiger partial charge >= 0.3 is 0 Å². The van der Waals surface area contributed by atoms with Gasteiger partial charge in [0.25, 0.3) is 5.91 Å². The van der Waals surface area contributed by atoms with Gasteiger partial charge in [-0.15, -0.1) is 0 Å². The highest BCUT2D eigenvalue weighted by atomic mass is 16.5. The van der Waals surface area contributed by atoms with Crippen molar-refractivity contribution in [2.75, 3.05) is 18.6 Å². The number of hydrogen-bond donors (Lipinski definition) is 1. The fourth-order valence-electron chi connectivity index (χ4n) is 2.18. The van der Waals surface area contributed by atoms with Crippen molar-refractivity contribution in [3.05, 3.63) is 29.8 Å². The van der Waals surface area contributed by atoms with Crippen LogP contribution in [-0.4, -0.2) is 25.7 Å². The molecule has 4 nitrogen and oxygen atoms in total. The molecule has 1 aromatic carbocycles. The van der Waals surface area contributed by atoms with Crippen LogP contribution in [0.2, 0.25) is 0 Å². The third kappa shape index (κ3) is 2.54. The Labute approximate surface area is 108 Å². The monoisotopic (exact) mass is 248 g/mol. The number of hydrogen-bond acceptors (Lipinski definition) is 3. The number of carbonyl (C=O) groups is 1. The molecule has 1 aromatic rings. The summed E-state index contributed by atoms with van der Waals surface area (Å²) in [4.78, 5) is 13.9. The number of nitrogens with two attached hydrogens (primary N) is 1. The number of likely N-dealkylation sites (N-methyl/N-ethyl adjacent to an activating group) is 1. The summed E-state index contributed by atoms with van der Waals surface area (Å²) in [5.74, 6) is 0.323. The first-order chi connectivity index (χ1) is 8.63. The van der Waals surface area contributed by atoms with Crippen LogP contribution in [0.15, 0.2) is 24.3 Å². The zero-order chi connectivity index (χ0) is 13.1. The van der Waals surface area contributed by atoms with E-state index >= 15 is 0 Å². The molecule has 0 spiro atoms. The van der Waals surface area contributed by atoms with E-state index in [9.17, 15) is 4.79 Å². The third-order valence-corrected chi connectivity index (χ3v) is 3.52. The molecule has 1 aliphatic rings. The van der Waals surface area contributed by atoms with Crippen molar-refractivity contribution in [3.8, 4) is 0 Å². The molecule has 2 rings (SSSR count). The van der Waals surface area contributed by atoms with E-state index in [0.717, 1.165) is 17.7 Å². The molecule has 1 saturated heterocycles. The van der Waals surface area contributed by atoms with Gasteiger partial charge < -0.3 is 15.4 Å². The summed E-state index contributed by atoms with van der Waals surface area (Å²) in [6, 6.07) is 7.72. The van der Waals surface area contributed by atoms with Crippen LogP contribution in [0.5, 0.6) is 0 Å². The van der Waals surface area contributed by atoms with Gasteiger partial charge in [0.1, 0.15) is 6.10 Å². The Morgan fingerprint density at radius 1 is 1.44 bits per heavy atom. The quantitative estimate of drug-likeness (QED) is 0.882. The van der Waals surface area contributed by atoms with Crippen molar-refractivity contribution >= 4 is 11.6 Å². The molecule has 0 saturated carbocycles. The topological polar surface area (TPSA) is 55.6 Å². The standard InChI is InChI=1S/C14H20N2O2/c1-10-7-8-18-13(10)14(17)16(2)12-5-3-11(9-15)4-6-12/h3-6,10,13H,7-9,15H2,1-2H3. The molecule has 0 aliphatic carbocycles. The highest BCUT2D eigenvalue weighted by Gasteiger charge is 2.33. The van der Waals surface area contributed by atoms with Crippen LogP contribution in [0.1, 0.15) is 18.9 Å². The normalized spacial score (nSPS) is 23.1. The van der Waals surface area contributed by atoms with Crippen LogP contribution < -0.4 is 10.6 Å². The Hall–Kier alpha value is -1.39. The summed E-state index contributed by atoms with van der Waals surface area (Å²) < 4.78 is 5.50. The first-order valence-electron chi connectivity index (χ1n) is 6.31. The lowest BCUT2D eigenvalue weighted by Crippen LogP contribution is -2.38. The number of nitrogens with zero attached hydrogens (tertiary/aromatic N) is 1. The van der Waals surface area contributed by atoms with Crippen molar-refractivity contribution in [3.63, 3.8) is 0 Å². The number of carbonyl (C=O) groups excluding carboxylic acids is 1. The van der Waals surface area contributed by atoms with Gasteiger partial charge in [-0.05, 0) is 30.0 Å². The highest BCUT2D eigenvalue weighted by Crippen LogP contribution is 2.24. The van der Waals surface area contributed by atoms with E-state index in [4.69, 9.17) is 10.5 Å². The average molecular weight is 248 g/mol. The third-order valence-electron chi connectivity index (χ3n) is 3.52. The highest BCUT2D eigenvalue weighted by molar-refractivity contribution is 5.96. The lowest BCUT2D eigenvalue weighted by Gasteiger charge is -2.23. The maximum Gasteiger partial charge on any atom is 0.256 e. The van der Waals surface area contributed by atoms with E-state index < -0.39 is 0 Å². The van der Waals surface area contributed by atoms with Gasteiger partial charge in [-0.3, -0.25) is 4.79 Å². The van der Waals surface area contributed by atoms with Crippen LogP contribution in [0.25, 0.3) is 0 Å². The van der Waals surface area contributed by atoms with Gasteiger partial charge in [0.05, 0.1) is 0 Å². The Bertz CT molecular complexity index is 416. The number of amides is 1. The van der Waals surface area contributed by atoms with Crippen LogP contribution in [0, 0.1) is 5.92 Å². The summed E-state index contributed by atoms with van der Waals surface area (Å²) in [7, 11) is 1.79. The summed E-state index contributed by atoms with van der Waals surface area (Å²) in [6.07, 6.45) is 0.653. The molecule has 98 valence electrons. The molecule has 0 aromatic heterocycles. The van der Waals surface area contributed by atoms with Crippen LogP contribution in [-0.2, 0) is 16.1 Å². The number of ether oxygens (including phenoxy) is 1. The van der Waals surface area contributed by atoms with Gasteiger partial charge in [-0.2, -0.15) is 0 Å². The Morgan fingerprint density at radius 3 is 2.61 bits per heavy atom. The largest absolute Gasteiger partial charge is 0.368 e. The summed E-state index contributed by atoms with van der Waals surface area (Å²) >= 11 is 0. The molecule has 2 N–H and O–H groups in total. The number of anilines is 1. The van der Waals surface area contributed by atoms with Gasteiger partial charge in [0.15, 0.2) is 0 Å². The van der Waals surface area contributed by atoms with Crippen molar-refractivity contribution in [1.82, 2.24) is 0 Å². The zero-order valence-corrected chi connectivity index (χ0v) is 10.9. The van der Waals surface area contributed by atoms with Crippen molar-refractivity contribution in [1.29, 1.82) is 0 Å². The second kappa shape index (κ2) is 5.50. The molecule has 18 heavy (non-hydrogen) atoms. The maximum atomic E-state index is 12.3. The van der Waals surface area contributed by atoms with E-state index in [1.807, 2.05) is 24.3 Å².